The van der Waals surface area contributed by atoms with Crippen LogP contribution in [0.4, 0.5) is 0 Å². The van der Waals surface area contributed by atoms with Crippen LogP contribution in [0.1, 0.15) is 5.56 Å². The largest absolute Gasteiger partial charge is 0.285 e. The topological polar surface area (TPSA) is 57.6 Å². The van der Waals surface area contributed by atoms with Crippen molar-refractivity contribution in [2.75, 3.05) is 0 Å². The lowest BCUT2D eigenvalue weighted by Crippen LogP contribution is -2.26. The van der Waals surface area contributed by atoms with Crippen LogP contribution in [-0.2, 0) is 9.59 Å². The third-order valence-corrected chi connectivity index (χ3v) is 2.98. The molecule has 18 heavy (non-hydrogen) atoms. The highest BCUT2D eigenvalue weighted by Gasteiger charge is 2.31. The van der Waals surface area contributed by atoms with Crippen LogP contribution in [0.25, 0.3) is 16.3 Å². The van der Waals surface area contributed by atoms with Gasteiger partial charge in [0.1, 0.15) is 0 Å². The van der Waals surface area contributed by atoms with Crippen molar-refractivity contribution in [3.8, 4) is 0 Å². The number of rotatable bonds is 1. The van der Waals surface area contributed by atoms with Crippen molar-refractivity contribution < 1.29 is 14.8 Å². The summed E-state index contributed by atoms with van der Waals surface area (Å²) in [6, 6.07) is 13.1. The number of amides is 2. The highest BCUT2D eigenvalue weighted by Crippen LogP contribution is 2.28. The minimum Gasteiger partial charge on any atom is -0.278 e. The van der Waals surface area contributed by atoms with E-state index >= 15 is 0 Å². The van der Waals surface area contributed by atoms with Gasteiger partial charge in [-0.25, -0.2) is 0 Å². The Hall–Kier alpha value is -2.46. The van der Waals surface area contributed by atoms with Crippen molar-refractivity contribution in [2.24, 2.45) is 0 Å². The second-order valence-corrected chi connectivity index (χ2v) is 4.04. The normalized spacial score (nSPS) is 15.4. The molecule has 0 radical (unpaired) electrons. The summed E-state index contributed by atoms with van der Waals surface area (Å²) < 4.78 is 0. The molecule has 0 aromatic heterocycles. The fourth-order valence-corrected chi connectivity index (χ4v) is 2.11. The molecular weight excluding hydrogens is 230 g/mol. The molecule has 2 amide bonds. The Morgan fingerprint density at radius 1 is 0.944 bits per heavy atom. The standard InChI is InChI=1S/C14H9NO3/c16-13-8-12(14(17)15(13)18)11-7-3-5-9-4-1-2-6-10(9)11/h1-8,18H. The van der Waals surface area contributed by atoms with Crippen molar-refractivity contribution >= 4 is 28.2 Å². The first kappa shape index (κ1) is 10.7. The van der Waals surface area contributed by atoms with Crippen molar-refractivity contribution in [2.45, 2.75) is 0 Å². The number of imide groups is 1. The van der Waals surface area contributed by atoms with Gasteiger partial charge in [0, 0.05) is 6.08 Å². The number of fused-ring (bicyclic) bond motifs is 1. The number of benzene rings is 2. The molecule has 1 heterocycles. The molecule has 1 N–H and O–H groups in total. The third-order valence-electron chi connectivity index (χ3n) is 2.98. The van der Waals surface area contributed by atoms with Crippen LogP contribution < -0.4 is 0 Å². The smallest absolute Gasteiger partial charge is 0.278 e. The first-order chi connectivity index (χ1) is 8.68. The number of hydrogen-bond donors (Lipinski definition) is 1. The molecule has 0 spiro atoms. The van der Waals surface area contributed by atoms with E-state index in [1.807, 2.05) is 36.4 Å². The minimum absolute atomic E-state index is 0.136. The van der Waals surface area contributed by atoms with Gasteiger partial charge in [0.2, 0.25) is 0 Å². The van der Waals surface area contributed by atoms with Gasteiger partial charge in [-0.1, -0.05) is 42.5 Å². The summed E-state index contributed by atoms with van der Waals surface area (Å²) in [7, 11) is 0. The summed E-state index contributed by atoms with van der Waals surface area (Å²) in [5.74, 6) is -1.39. The molecule has 0 atom stereocenters. The number of carbonyl (C=O) groups excluding carboxylic acids is 2. The van der Waals surface area contributed by atoms with E-state index in [9.17, 15) is 14.8 Å². The van der Waals surface area contributed by atoms with E-state index in [2.05, 4.69) is 0 Å². The van der Waals surface area contributed by atoms with Gasteiger partial charge in [-0.2, -0.15) is 0 Å². The molecule has 4 heteroatoms. The van der Waals surface area contributed by atoms with E-state index < -0.39 is 11.8 Å². The maximum atomic E-state index is 11.7. The van der Waals surface area contributed by atoms with E-state index in [-0.39, 0.29) is 10.6 Å². The molecule has 2 aromatic carbocycles. The Morgan fingerprint density at radius 2 is 1.67 bits per heavy atom. The van der Waals surface area contributed by atoms with Gasteiger partial charge in [0.25, 0.3) is 11.8 Å². The molecular formula is C14H9NO3. The van der Waals surface area contributed by atoms with Crippen LogP contribution in [0, 0.1) is 0 Å². The second-order valence-electron chi connectivity index (χ2n) is 4.04. The van der Waals surface area contributed by atoms with Gasteiger partial charge < -0.3 is 0 Å². The van der Waals surface area contributed by atoms with Crippen LogP contribution in [-0.4, -0.2) is 22.1 Å². The van der Waals surface area contributed by atoms with Crippen molar-refractivity contribution in [1.29, 1.82) is 0 Å². The monoisotopic (exact) mass is 239 g/mol. The number of carbonyl (C=O) groups is 2. The predicted octanol–water partition coefficient (Wildman–Crippen LogP) is 1.98. The zero-order valence-electron chi connectivity index (χ0n) is 9.33. The van der Waals surface area contributed by atoms with Crippen molar-refractivity contribution in [3.05, 3.63) is 54.1 Å². The molecule has 0 fully saturated rings. The number of hydrogen-bond acceptors (Lipinski definition) is 3. The van der Waals surface area contributed by atoms with Gasteiger partial charge >= 0.3 is 0 Å². The maximum Gasteiger partial charge on any atom is 0.285 e. The fraction of sp³-hybridized carbons (Fsp3) is 0. The lowest BCUT2D eigenvalue weighted by molar-refractivity contribution is -0.168. The van der Waals surface area contributed by atoms with Crippen molar-refractivity contribution in [3.63, 3.8) is 0 Å². The van der Waals surface area contributed by atoms with Crippen LogP contribution >= 0.6 is 0 Å². The zero-order chi connectivity index (χ0) is 12.7. The van der Waals surface area contributed by atoms with E-state index in [0.29, 0.717) is 5.56 Å². The first-order valence-corrected chi connectivity index (χ1v) is 5.45. The van der Waals surface area contributed by atoms with Gasteiger partial charge in [0.15, 0.2) is 0 Å². The van der Waals surface area contributed by atoms with Crippen molar-refractivity contribution in [1.82, 2.24) is 5.06 Å². The van der Waals surface area contributed by atoms with Crippen LogP contribution in [0.15, 0.2) is 48.5 Å². The Bertz CT molecular complexity index is 698. The molecule has 3 rings (SSSR count). The Kier molecular flexibility index (Phi) is 2.25. The summed E-state index contributed by atoms with van der Waals surface area (Å²) in [6.07, 6.45) is 1.16. The molecule has 2 aromatic rings. The fourth-order valence-electron chi connectivity index (χ4n) is 2.11. The van der Waals surface area contributed by atoms with E-state index in [4.69, 9.17) is 0 Å². The second kappa shape index (κ2) is 3.78. The molecule has 4 nitrogen and oxygen atoms in total. The lowest BCUT2D eigenvalue weighted by atomic mass is 9.98. The Labute approximate surface area is 103 Å². The quantitative estimate of drug-likeness (QED) is 0.611. The molecule has 0 unspecified atom stereocenters. The predicted molar refractivity (Wildman–Crippen MR) is 65.6 cm³/mol. The SMILES string of the molecule is O=C1C=C(c2cccc3ccccc23)C(=O)N1O. The molecule has 0 aliphatic carbocycles. The highest BCUT2D eigenvalue weighted by molar-refractivity contribution is 6.34. The van der Waals surface area contributed by atoms with Gasteiger partial charge in [-0.15, -0.1) is 5.06 Å². The summed E-state index contributed by atoms with van der Waals surface area (Å²) >= 11 is 0. The molecule has 1 aliphatic heterocycles. The molecule has 0 bridgehead atoms. The minimum atomic E-state index is -0.706. The Balaban J connectivity index is 2.25. The summed E-state index contributed by atoms with van der Waals surface area (Å²) in [6.45, 7) is 0. The highest BCUT2D eigenvalue weighted by atomic mass is 16.5. The summed E-state index contributed by atoms with van der Waals surface area (Å²) in [4.78, 5) is 23.0. The number of nitrogens with zero attached hydrogens (tertiary/aromatic N) is 1. The van der Waals surface area contributed by atoms with E-state index in [1.54, 1.807) is 6.07 Å². The lowest BCUT2D eigenvalue weighted by Gasteiger charge is -2.07. The molecule has 1 aliphatic rings. The molecule has 0 saturated heterocycles. The van der Waals surface area contributed by atoms with Crippen LogP contribution in [0.5, 0.6) is 0 Å². The third kappa shape index (κ3) is 1.43. The zero-order valence-corrected chi connectivity index (χ0v) is 9.33. The first-order valence-electron chi connectivity index (χ1n) is 5.45. The van der Waals surface area contributed by atoms with Gasteiger partial charge in [0.05, 0.1) is 5.57 Å². The maximum absolute atomic E-state index is 11.7. The van der Waals surface area contributed by atoms with E-state index in [0.717, 1.165) is 16.8 Å². The van der Waals surface area contributed by atoms with E-state index in [1.165, 1.54) is 0 Å². The molecule has 88 valence electrons. The van der Waals surface area contributed by atoms with Crippen LogP contribution in [0.2, 0.25) is 0 Å². The van der Waals surface area contributed by atoms with Crippen LogP contribution in [0.3, 0.4) is 0 Å². The average Bonchev–Trinajstić information content (AvgIpc) is 2.66. The summed E-state index contributed by atoms with van der Waals surface area (Å²) in [5, 5.41) is 11.2. The number of hydroxylamine groups is 2. The molecule has 0 saturated carbocycles. The average molecular weight is 239 g/mol. The van der Waals surface area contributed by atoms with Gasteiger partial charge in [-0.3, -0.25) is 14.8 Å². The Morgan fingerprint density at radius 3 is 2.39 bits per heavy atom. The van der Waals surface area contributed by atoms with Gasteiger partial charge in [-0.05, 0) is 16.3 Å². The summed E-state index contributed by atoms with van der Waals surface area (Å²) in [5.41, 5.74) is 0.877.